The number of aromatic nitrogens is 1. The minimum atomic E-state index is -0.189. The molecule has 1 heterocycles. The highest BCUT2D eigenvalue weighted by molar-refractivity contribution is 6.33. The van der Waals surface area contributed by atoms with Crippen molar-refractivity contribution >= 4 is 17.5 Å². The van der Waals surface area contributed by atoms with E-state index in [4.69, 9.17) is 11.6 Å². The molecule has 1 N–H and O–H groups in total. The van der Waals surface area contributed by atoms with E-state index in [-0.39, 0.29) is 11.9 Å². The fraction of sp³-hybridized carbons (Fsp3) is 0.250. The summed E-state index contributed by atoms with van der Waals surface area (Å²) in [7, 11) is 0. The maximum atomic E-state index is 12.3. The summed E-state index contributed by atoms with van der Waals surface area (Å²) in [4.78, 5) is 16.2. The average Bonchev–Trinajstić information content (AvgIpc) is 2.48. The van der Waals surface area contributed by atoms with Gasteiger partial charge < -0.3 is 5.32 Å². The molecular formula is C16H17ClN2O. The lowest BCUT2D eigenvalue weighted by Crippen LogP contribution is -2.28. The zero-order valence-corrected chi connectivity index (χ0v) is 12.1. The summed E-state index contributed by atoms with van der Waals surface area (Å²) in [6, 6.07) is 11.6. The molecule has 1 unspecified atom stereocenters. The molecule has 1 amide bonds. The average molecular weight is 289 g/mol. The number of amides is 1. The number of halogens is 1. The monoisotopic (exact) mass is 288 g/mol. The van der Waals surface area contributed by atoms with Crippen LogP contribution < -0.4 is 5.32 Å². The molecule has 0 aliphatic rings. The highest BCUT2D eigenvalue weighted by Gasteiger charge is 2.16. The number of nitrogens with one attached hydrogen (secondary N) is 1. The zero-order valence-electron chi connectivity index (χ0n) is 11.3. The van der Waals surface area contributed by atoms with Crippen molar-refractivity contribution < 1.29 is 4.79 Å². The largest absolute Gasteiger partial charge is 0.345 e. The highest BCUT2D eigenvalue weighted by atomic mass is 35.5. The first kappa shape index (κ1) is 14.5. The number of hydrogen-bond acceptors (Lipinski definition) is 2. The van der Waals surface area contributed by atoms with Crippen molar-refractivity contribution in [3.63, 3.8) is 0 Å². The summed E-state index contributed by atoms with van der Waals surface area (Å²) in [5.41, 5.74) is 1.51. The molecule has 1 aromatic heterocycles. The molecule has 0 saturated heterocycles. The Bertz CT molecular complexity index is 572. The van der Waals surface area contributed by atoms with Gasteiger partial charge in [0.15, 0.2) is 0 Å². The maximum Gasteiger partial charge on any atom is 0.254 e. The van der Waals surface area contributed by atoms with Gasteiger partial charge in [-0.05, 0) is 18.1 Å². The lowest BCUT2D eigenvalue weighted by molar-refractivity contribution is 0.0934. The van der Waals surface area contributed by atoms with Crippen molar-refractivity contribution in [2.24, 2.45) is 0 Å². The molecule has 0 bridgehead atoms. The summed E-state index contributed by atoms with van der Waals surface area (Å²) < 4.78 is 0. The van der Waals surface area contributed by atoms with Crippen LogP contribution in [0.3, 0.4) is 0 Å². The second-order valence-corrected chi connectivity index (χ2v) is 4.99. The summed E-state index contributed by atoms with van der Waals surface area (Å²) in [6.45, 7) is 2.10. The smallest absolute Gasteiger partial charge is 0.254 e. The fourth-order valence-electron chi connectivity index (χ4n) is 2.08. The number of nitrogens with zero attached hydrogens (tertiary/aromatic N) is 1. The Morgan fingerprint density at radius 3 is 2.70 bits per heavy atom. The quantitative estimate of drug-likeness (QED) is 0.903. The first-order valence-corrected chi connectivity index (χ1v) is 7.05. The Hall–Kier alpha value is -1.87. The van der Waals surface area contributed by atoms with E-state index in [1.807, 2.05) is 30.3 Å². The molecule has 0 spiro atoms. The highest BCUT2D eigenvalue weighted by Crippen LogP contribution is 2.20. The molecule has 0 aliphatic heterocycles. The van der Waals surface area contributed by atoms with Gasteiger partial charge in [0.05, 0.1) is 16.6 Å². The van der Waals surface area contributed by atoms with E-state index in [1.54, 1.807) is 12.3 Å². The van der Waals surface area contributed by atoms with Gasteiger partial charge in [-0.25, -0.2) is 0 Å². The van der Waals surface area contributed by atoms with Crippen LogP contribution in [0.5, 0.6) is 0 Å². The van der Waals surface area contributed by atoms with Gasteiger partial charge in [-0.1, -0.05) is 55.3 Å². The van der Waals surface area contributed by atoms with E-state index in [9.17, 15) is 4.79 Å². The van der Waals surface area contributed by atoms with E-state index in [1.165, 1.54) is 6.20 Å². The zero-order chi connectivity index (χ0) is 14.4. The topological polar surface area (TPSA) is 42.0 Å². The van der Waals surface area contributed by atoms with Gasteiger partial charge >= 0.3 is 0 Å². The van der Waals surface area contributed by atoms with Crippen molar-refractivity contribution in [1.29, 1.82) is 0 Å². The van der Waals surface area contributed by atoms with Crippen LogP contribution in [0.2, 0.25) is 5.02 Å². The molecule has 2 aromatic rings. The SMILES string of the molecule is CCCC(NC(=O)c1cnccc1Cl)c1ccccc1. The van der Waals surface area contributed by atoms with E-state index < -0.39 is 0 Å². The first-order valence-electron chi connectivity index (χ1n) is 6.67. The number of pyridine rings is 1. The third kappa shape index (κ3) is 3.58. The third-order valence-corrected chi connectivity index (χ3v) is 3.43. The van der Waals surface area contributed by atoms with Gasteiger partial charge in [0.2, 0.25) is 0 Å². The predicted molar refractivity (Wildman–Crippen MR) is 80.8 cm³/mol. The van der Waals surface area contributed by atoms with Gasteiger partial charge in [0.25, 0.3) is 5.91 Å². The van der Waals surface area contributed by atoms with Crippen molar-refractivity contribution in [1.82, 2.24) is 10.3 Å². The van der Waals surface area contributed by atoms with Gasteiger partial charge in [-0.3, -0.25) is 9.78 Å². The minimum absolute atomic E-state index is 0.00928. The summed E-state index contributed by atoms with van der Waals surface area (Å²) in [5, 5.41) is 3.45. The molecule has 0 aliphatic carbocycles. The van der Waals surface area contributed by atoms with Crippen LogP contribution in [0.25, 0.3) is 0 Å². The molecule has 3 nitrogen and oxygen atoms in total. The van der Waals surface area contributed by atoms with E-state index in [2.05, 4.69) is 17.2 Å². The molecule has 4 heteroatoms. The molecule has 2 rings (SSSR count). The van der Waals surface area contributed by atoms with Gasteiger partial charge in [-0.2, -0.15) is 0 Å². The number of hydrogen-bond donors (Lipinski definition) is 1. The van der Waals surface area contributed by atoms with Gasteiger partial charge in [0.1, 0.15) is 0 Å². The standard InChI is InChI=1S/C16H17ClN2O/c1-2-6-15(12-7-4-3-5-8-12)19-16(20)13-11-18-10-9-14(13)17/h3-5,7-11,15H,2,6H2,1H3,(H,19,20). The number of carbonyl (C=O) groups excluding carboxylic acids is 1. The Kier molecular flexibility index (Phi) is 5.13. The number of carbonyl (C=O) groups is 1. The van der Waals surface area contributed by atoms with Crippen molar-refractivity contribution in [3.8, 4) is 0 Å². The van der Waals surface area contributed by atoms with Crippen molar-refractivity contribution in [2.75, 3.05) is 0 Å². The maximum absolute atomic E-state index is 12.3. The Morgan fingerprint density at radius 2 is 2.05 bits per heavy atom. The molecule has 104 valence electrons. The van der Waals surface area contributed by atoms with Crippen LogP contribution in [0.4, 0.5) is 0 Å². The van der Waals surface area contributed by atoms with Crippen LogP contribution >= 0.6 is 11.6 Å². The van der Waals surface area contributed by atoms with Gasteiger partial charge in [-0.15, -0.1) is 0 Å². The second kappa shape index (κ2) is 7.06. The normalized spacial score (nSPS) is 11.9. The van der Waals surface area contributed by atoms with Crippen LogP contribution in [0.1, 0.15) is 41.7 Å². The van der Waals surface area contributed by atoms with Crippen LogP contribution in [-0.2, 0) is 0 Å². The van der Waals surface area contributed by atoms with Crippen LogP contribution in [0.15, 0.2) is 48.8 Å². The van der Waals surface area contributed by atoms with E-state index in [0.29, 0.717) is 10.6 Å². The third-order valence-electron chi connectivity index (χ3n) is 3.10. The summed E-state index contributed by atoms with van der Waals surface area (Å²) >= 11 is 6.02. The molecule has 1 aromatic carbocycles. The van der Waals surface area contributed by atoms with Crippen LogP contribution in [0, 0.1) is 0 Å². The number of rotatable bonds is 5. The fourth-order valence-corrected chi connectivity index (χ4v) is 2.27. The first-order chi connectivity index (χ1) is 9.72. The Morgan fingerprint density at radius 1 is 1.30 bits per heavy atom. The molecule has 20 heavy (non-hydrogen) atoms. The van der Waals surface area contributed by atoms with Crippen molar-refractivity contribution in [3.05, 3.63) is 64.9 Å². The molecule has 1 atom stereocenters. The summed E-state index contributed by atoms with van der Waals surface area (Å²) in [6.07, 6.45) is 4.93. The summed E-state index contributed by atoms with van der Waals surface area (Å²) in [5.74, 6) is -0.189. The molecule has 0 radical (unpaired) electrons. The van der Waals surface area contributed by atoms with Gasteiger partial charge in [0, 0.05) is 12.4 Å². The number of benzene rings is 1. The Labute approximate surface area is 124 Å². The van der Waals surface area contributed by atoms with E-state index >= 15 is 0 Å². The van der Waals surface area contributed by atoms with Crippen molar-refractivity contribution in [2.45, 2.75) is 25.8 Å². The lowest BCUT2D eigenvalue weighted by Gasteiger charge is -2.18. The molecule has 0 fully saturated rings. The molecule has 0 saturated carbocycles. The van der Waals surface area contributed by atoms with E-state index in [0.717, 1.165) is 18.4 Å². The van der Waals surface area contributed by atoms with Crippen LogP contribution in [-0.4, -0.2) is 10.9 Å². The Balaban J connectivity index is 2.17. The predicted octanol–water partition coefficient (Wildman–Crippen LogP) is 4.01. The lowest BCUT2D eigenvalue weighted by atomic mass is 10.0. The second-order valence-electron chi connectivity index (χ2n) is 4.58. The molecular weight excluding hydrogens is 272 g/mol. The minimum Gasteiger partial charge on any atom is -0.345 e.